The van der Waals surface area contributed by atoms with Crippen molar-refractivity contribution >= 4 is 41.3 Å². The number of hydrogen-bond acceptors (Lipinski definition) is 4. The lowest BCUT2D eigenvalue weighted by atomic mass is 10.00. The number of nitrogens with zero attached hydrogens (tertiary/aromatic N) is 1. The SMILES string of the molecule is CC1NCCCC1NC(=O)c1csc(-c2ccccc2Cl)n1.Cl. The number of benzene rings is 1. The first-order valence-corrected chi connectivity index (χ1v) is 8.65. The van der Waals surface area contributed by atoms with E-state index in [1.165, 1.54) is 11.3 Å². The van der Waals surface area contributed by atoms with Crippen LogP contribution in [0.1, 0.15) is 30.3 Å². The van der Waals surface area contributed by atoms with Crippen LogP contribution in [0.5, 0.6) is 0 Å². The summed E-state index contributed by atoms with van der Waals surface area (Å²) < 4.78 is 0. The molecule has 1 aliphatic rings. The Morgan fingerprint density at radius 3 is 2.96 bits per heavy atom. The van der Waals surface area contributed by atoms with E-state index < -0.39 is 0 Å². The van der Waals surface area contributed by atoms with Crippen LogP contribution in [0.25, 0.3) is 10.6 Å². The van der Waals surface area contributed by atoms with E-state index in [9.17, 15) is 4.79 Å². The molecule has 1 saturated heterocycles. The number of amides is 1. The third kappa shape index (κ3) is 4.23. The van der Waals surface area contributed by atoms with Crippen LogP contribution in [0.15, 0.2) is 29.6 Å². The molecule has 3 rings (SSSR count). The van der Waals surface area contributed by atoms with Crippen LogP contribution >= 0.6 is 35.3 Å². The maximum atomic E-state index is 12.4. The second kappa shape index (κ2) is 8.11. The van der Waals surface area contributed by atoms with Gasteiger partial charge in [-0.1, -0.05) is 29.8 Å². The first-order chi connectivity index (χ1) is 10.6. The van der Waals surface area contributed by atoms with E-state index in [1.54, 1.807) is 5.38 Å². The molecule has 1 aromatic carbocycles. The van der Waals surface area contributed by atoms with Crippen molar-refractivity contribution in [1.29, 1.82) is 0 Å². The predicted octanol–water partition coefficient (Wildman–Crippen LogP) is 3.76. The summed E-state index contributed by atoms with van der Waals surface area (Å²) in [5.41, 5.74) is 1.32. The molecule has 1 aromatic heterocycles. The molecule has 23 heavy (non-hydrogen) atoms. The van der Waals surface area contributed by atoms with E-state index in [-0.39, 0.29) is 24.4 Å². The number of aromatic nitrogens is 1. The lowest BCUT2D eigenvalue weighted by Gasteiger charge is -2.30. The molecule has 1 amide bonds. The highest BCUT2D eigenvalue weighted by atomic mass is 35.5. The van der Waals surface area contributed by atoms with Gasteiger partial charge in [-0.25, -0.2) is 4.98 Å². The summed E-state index contributed by atoms with van der Waals surface area (Å²) in [6.07, 6.45) is 2.08. The van der Waals surface area contributed by atoms with Crippen LogP contribution in [-0.2, 0) is 0 Å². The average molecular weight is 372 g/mol. The van der Waals surface area contributed by atoms with Crippen LogP contribution < -0.4 is 10.6 Å². The number of carbonyl (C=O) groups excluding carboxylic acids is 1. The summed E-state index contributed by atoms with van der Waals surface area (Å²) >= 11 is 7.62. The fourth-order valence-corrected chi connectivity index (χ4v) is 3.74. The third-order valence-corrected chi connectivity index (χ3v) is 5.12. The van der Waals surface area contributed by atoms with Crippen LogP contribution in [0.2, 0.25) is 5.02 Å². The topological polar surface area (TPSA) is 54.0 Å². The molecule has 0 saturated carbocycles. The van der Waals surface area contributed by atoms with E-state index in [0.717, 1.165) is 30.0 Å². The van der Waals surface area contributed by atoms with Crippen molar-refractivity contribution < 1.29 is 4.79 Å². The molecule has 0 radical (unpaired) electrons. The molecular formula is C16H19Cl2N3OS. The molecule has 4 nitrogen and oxygen atoms in total. The number of thiazole rings is 1. The van der Waals surface area contributed by atoms with Gasteiger partial charge in [0, 0.05) is 23.0 Å². The molecule has 1 aliphatic heterocycles. The lowest BCUT2D eigenvalue weighted by Crippen LogP contribution is -2.51. The van der Waals surface area contributed by atoms with Crippen molar-refractivity contribution in [3.05, 3.63) is 40.4 Å². The van der Waals surface area contributed by atoms with Gasteiger partial charge in [-0.3, -0.25) is 4.79 Å². The van der Waals surface area contributed by atoms with Gasteiger partial charge in [0.25, 0.3) is 5.91 Å². The highest BCUT2D eigenvalue weighted by Gasteiger charge is 2.24. The number of piperidine rings is 1. The van der Waals surface area contributed by atoms with Gasteiger partial charge in [-0.2, -0.15) is 0 Å². The highest BCUT2D eigenvalue weighted by Crippen LogP contribution is 2.30. The monoisotopic (exact) mass is 371 g/mol. The second-order valence-corrected chi connectivity index (χ2v) is 6.75. The van der Waals surface area contributed by atoms with Crippen molar-refractivity contribution in [1.82, 2.24) is 15.6 Å². The molecule has 2 heterocycles. The summed E-state index contributed by atoms with van der Waals surface area (Å²) in [5.74, 6) is -0.116. The summed E-state index contributed by atoms with van der Waals surface area (Å²) in [7, 11) is 0. The van der Waals surface area contributed by atoms with E-state index in [0.29, 0.717) is 16.8 Å². The molecule has 0 spiro atoms. The Kier molecular flexibility index (Phi) is 6.41. The molecular weight excluding hydrogens is 353 g/mol. The average Bonchev–Trinajstić information content (AvgIpc) is 3.00. The third-order valence-electron chi connectivity index (χ3n) is 3.92. The molecule has 2 N–H and O–H groups in total. The maximum Gasteiger partial charge on any atom is 0.271 e. The zero-order valence-corrected chi connectivity index (χ0v) is 15.1. The van der Waals surface area contributed by atoms with E-state index in [4.69, 9.17) is 11.6 Å². The normalized spacial score (nSPS) is 20.6. The van der Waals surface area contributed by atoms with Crippen molar-refractivity contribution in [2.24, 2.45) is 0 Å². The van der Waals surface area contributed by atoms with Gasteiger partial charge in [0.15, 0.2) is 0 Å². The second-order valence-electron chi connectivity index (χ2n) is 5.48. The Morgan fingerprint density at radius 2 is 2.22 bits per heavy atom. The van der Waals surface area contributed by atoms with Gasteiger partial charge in [0.05, 0.1) is 5.02 Å². The Balaban J connectivity index is 0.00000192. The van der Waals surface area contributed by atoms with Gasteiger partial charge in [0.1, 0.15) is 10.7 Å². The fourth-order valence-electron chi connectivity index (χ4n) is 2.62. The van der Waals surface area contributed by atoms with E-state index in [2.05, 4.69) is 22.5 Å². The smallest absolute Gasteiger partial charge is 0.271 e. The van der Waals surface area contributed by atoms with Gasteiger partial charge in [-0.15, -0.1) is 23.7 Å². The first kappa shape index (κ1) is 18.2. The molecule has 0 bridgehead atoms. The molecule has 7 heteroatoms. The van der Waals surface area contributed by atoms with Crippen molar-refractivity contribution in [2.45, 2.75) is 31.8 Å². The molecule has 2 atom stereocenters. The Morgan fingerprint density at radius 1 is 1.43 bits per heavy atom. The van der Waals surface area contributed by atoms with E-state index in [1.807, 2.05) is 24.3 Å². The number of hydrogen-bond donors (Lipinski definition) is 2. The Bertz CT molecular complexity index is 677. The van der Waals surface area contributed by atoms with Gasteiger partial charge >= 0.3 is 0 Å². The molecule has 2 unspecified atom stereocenters. The van der Waals surface area contributed by atoms with Crippen molar-refractivity contribution in [2.75, 3.05) is 6.54 Å². The van der Waals surface area contributed by atoms with Crippen LogP contribution in [0, 0.1) is 0 Å². The lowest BCUT2D eigenvalue weighted by molar-refractivity contribution is 0.0915. The van der Waals surface area contributed by atoms with Gasteiger partial charge in [-0.05, 0) is 32.4 Å². The zero-order chi connectivity index (χ0) is 15.5. The Hall–Kier alpha value is -1.14. The quantitative estimate of drug-likeness (QED) is 0.863. The first-order valence-electron chi connectivity index (χ1n) is 7.40. The van der Waals surface area contributed by atoms with Gasteiger partial charge < -0.3 is 10.6 Å². The Labute approximate surface area is 151 Å². The summed E-state index contributed by atoms with van der Waals surface area (Å²) in [6, 6.07) is 7.98. The number of rotatable bonds is 3. The maximum absolute atomic E-state index is 12.4. The van der Waals surface area contributed by atoms with Crippen molar-refractivity contribution in [3.63, 3.8) is 0 Å². The molecule has 2 aromatic rings. The van der Waals surface area contributed by atoms with Crippen molar-refractivity contribution in [3.8, 4) is 10.6 Å². The summed E-state index contributed by atoms with van der Waals surface area (Å²) in [6.45, 7) is 3.11. The fraction of sp³-hybridized carbons (Fsp3) is 0.375. The summed E-state index contributed by atoms with van der Waals surface area (Å²) in [4.78, 5) is 16.8. The molecule has 124 valence electrons. The largest absolute Gasteiger partial charge is 0.346 e. The predicted molar refractivity (Wildman–Crippen MR) is 97.8 cm³/mol. The minimum atomic E-state index is -0.116. The number of nitrogens with one attached hydrogen (secondary N) is 2. The summed E-state index contributed by atoms with van der Waals surface area (Å²) in [5, 5.41) is 9.65. The molecule has 0 aliphatic carbocycles. The standard InChI is InChI=1S/C16H18ClN3OS.ClH/c1-10-13(7-4-8-18-10)19-15(21)14-9-22-16(20-14)11-5-2-3-6-12(11)17;/h2-3,5-6,9-10,13,18H,4,7-8H2,1H3,(H,19,21);1H. The minimum Gasteiger partial charge on any atom is -0.346 e. The van der Waals surface area contributed by atoms with E-state index >= 15 is 0 Å². The van der Waals surface area contributed by atoms with Crippen LogP contribution in [0.3, 0.4) is 0 Å². The highest BCUT2D eigenvalue weighted by molar-refractivity contribution is 7.13. The van der Waals surface area contributed by atoms with Crippen LogP contribution in [0.4, 0.5) is 0 Å². The van der Waals surface area contributed by atoms with Gasteiger partial charge in [0.2, 0.25) is 0 Å². The van der Waals surface area contributed by atoms with Crippen LogP contribution in [-0.4, -0.2) is 29.5 Å². The molecule has 1 fully saturated rings. The minimum absolute atomic E-state index is 0. The number of halogens is 2. The number of carbonyl (C=O) groups is 1. The zero-order valence-electron chi connectivity index (χ0n) is 12.7.